The molecule has 0 aromatic heterocycles. The quantitative estimate of drug-likeness (QED) is 0.0318. The van der Waals surface area contributed by atoms with Gasteiger partial charge in [-0.2, -0.15) is 0 Å². The lowest BCUT2D eigenvalue weighted by molar-refractivity contribution is -0.870. The van der Waals surface area contributed by atoms with Gasteiger partial charge in [0.2, 0.25) is 5.91 Å². The third-order valence-corrected chi connectivity index (χ3v) is 17.8. The van der Waals surface area contributed by atoms with Crippen LogP contribution in [0.15, 0.2) is 0 Å². The SMILES string of the molecule is CCCCCCCCCCCCCCCCCCCCCCCCCCCCCCCCCC(=O)NC(COP(=O)(O)OCC[N+](C)(C)C)C(O)CCCCCCCCCCCCCCCCCCCCCCCCCCC. The lowest BCUT2D eigenvalue weighted by Crippen LogP contribution is -2.46. The van der Waals surface area contributed by atoms with E-state index < -0.39 is 20.0 Å². The normalized spacial score (nSPS) is 13.6. The highest BCUT2D eigenvalue weighted by atomic mass is 31.2. The van der Waals surface area contributed by atoms with E-state index in [1.165, 1.54) is 321 Å². The van der Waals surface area contributed by atoms with Crippen molar-refractivity contribution >= 4 is 13.7 Å². The average molecular weight is 1130 g/mol. The Morgan fingerprint density at radius 3 is 0.859 bits per heavy atom. The van der Waals surface area contributed by atoms with E-state index in [4.69, 9.17) is 9.05 Å². The number of nitrogens with one attached hydrogen (secondary N) is 1. The van der Waals surface area contributed by atoms with E-state index in [9.17, 15) is 19.4 Å². The number of nitrogens with zero attached hydrogens (tertiary/aromatic N) is 1. The predicted molar refractivity (Wildman–Crippen MR) is 342 cm³/mol. The van der Waals surface area contributed by atoms with E-state index >= 15 is 0 Å². The van der Waals surface area contributed by atoms with Crippen molar-refractivity contribution in [3.63, 3.8) is 0 Å². The summed E-state index contributed by atoms with van der Waals surface area (Å²) in [6.45, 7) is 4.97. The largest absolute Gasteiger partial charge is 0.472 e. The Morgan fingerprint density at radius 2 is 0.615 bits per heavy atom. The van der Waals surface area contributed by atoms with Gasteiger partial charge in [-0.25, -0.2) is 4.57 Å². The highest BCUT2D eigenvalue weighted by molar-refractivity contribution is 7.47. The van der Waals surface area contributed by atoms with E-state index in [0.29, 0.717) is 23.9 Å². The van der Waals surface area contributed by atoms with Gasteiger partial charge in [0, 0.05) is 6.42 Å². The van der Waals surface area contributed by atoms with Crippen LogP contribution >= 0.6 is 7.82 Å². The molecule has 9 heteroatoms. The third kappa shape index (κ3) is 63.1. The van der Waals surface area contributed by atoms with Gasteiger partial charge in [-0.3, -0.25) is 13.8 Å². The number of phosphoric acid groups is 1. The molecule has 0 aliphatic rings. The summed E-state index contributed by atoms with van der Waals surface area (Å²) in [5.41, 5.74) is 0. The van der Waals surface area contributed by atoms with Gasteiger partial charge >= 0.3 is 7.82 Å². The number of unbranched alkanes of at least 4 members (excludes halogenated alkanes) is 54. The van der Waals surface area contributed by atoms with E-state index in [1.807, 2.05) is 21.1 Å². The van der Waals surface area contributed by atoms with Crippen LogP contribution in [0.25, 0.3) is 0 Å². The maximum Gasteiger partial charge on any atom is 0.472 e. The van der Waals surface area contributed by atoms with Gasteiger partial charge in [0.05, 0.1) is 39.9 Å². The molecule has 0 radical (unpaired) electrons. The number of rotatable bonds is 67. The van der Waals surface area contributed by atoms with E-state index in [-0.39, 0.29) is 19.1 Å². The standard InChI is InChI=1S/C69H141N2O6P/c1-6-8-10-12-14-16-18-20-22-24-26-28-30-32-33-34-35-36-37-39-41-43-45-47-49-51-53-55-57-59-61-63-69(73)70-67(66-77-78(74,75)76-65-64-71(3,4)5)68(72)62-60-58-56-54-52-50-48-46-44-42-40-38-31-29-27-25-23-21-19-17-15-13-11-9-7-2/h67-68,72H,6-66H2,1-5H3,(H-,70,73,74,75)/p+1. The van der Waals surface area contributed by atoms with Gasteiger partial charge in [0.25, 0.3) is 0 Å². The molecule has 0 aliphatic heterocycles. The minimum absolute atomic E-state index is 0.0795. The zero-order valence-corrected chi connectivity index (χ0v) is 54.6. The third-order valence-electron chi connectivity index (χ3n) is 16.9. The number of hydrogen-bond acceptors (Lipinski definition) is 5. The molecule has 78 heavy (non-hydrogen) atoms. The molecule has 3 atom stereocenters. The van der Waals surface area contributed by atoms with Crippen LogP contribution in [0.5, 0.6) is 0 Å². The molecule has 0 saturated heterocycles. The van der Waals surface area contributed by atoms with Gasteiger partial charge < -0.3 is 19.8 Å². The number of quaternary nitrogens is 1. The fraction of sp³-hybridized carbons (Fsp3) is 0.986. The molecule has 0 bridgehead atoms. The molecule has 0 aromatic rings. The first-order valence-electron chi connectivity index (χ1n) is 35.4. The lowest BCUT2D eigenvalue weighted by Gasteiger charge is -2.26. The van der Waals surface area contributed by atoms with Crippen LogP contribution in [0.4, 0.5) is 0 Å². The number of hydrogen-bond donors (Lipinski definition) is 3. The second-order valence-corrected chi connectivity index (χ2v) is 27.4. The van der Waals surface area contributed by atoms with E-state index in [1.54, 1.807) is 0 Å². The highest BCUT2D eigenvalue weighted by Crippen LogP contribution is 2.43. The van der Waals surface area contributed by atoms with Crippen molar-refractivity contribution in [3.05, 3.63) is 0 Å². The van der Waals surface area contributed by atoms with Crippen LogP contribution in [0, 0.1) is 0 Å². The summed E-state index contributed by atoms with van der Waals surface area (Å²) in [7, 11) is 1.64. The maximum absolute atomic E-state index is 13.1. The minimum atomic E-state index is -4.32. The molecule has 468 valence electrons. The van der Waals surface area contributed by atoms with E-state index in [0.717, 1.165) is 38.5 Å². The number of carbonyl (C=O) groups is 1. The van der Waals surface area contributed by atoms with Crippen LogP contribution in [0.3, 0.4) is 0 Å². The molecular weight excluding hydrogens is 984 g/mol. The fourth-order valence-electron chi connectivity index (χ4n) is 11.3. The number of aliphatic hydroxyl groups excluding tert-OH is 1. The Hall–Kier alpha value is -0.500. The van der Waals surface area contributed by atoms with Crippen molar-refractivity contribution in [1.82, 2.24) is 5.32 Å². The van der Waals surface area contributed by atoms with E-state index in [2.05, 4.69) is 19.2 Å². The van der Waals surface area contributed by atoms with Crippen molar-refractivity contribution in [2.24, 2.45) is 0 Å². The Kier molecular flexibility index (Phi) is 60.7. The van der Waals surface area contributed by atoms with Crippen LogP contribution in [0.1, 0.15) is 386 Å². The monoisotopic (exact) mass is 1130 g/mol. The summed E-state index contributed by atoms with van der Waals surface area (Å²) in [6, 6.07) is -0.757. The van der Waals surface area contributed by atoms with Crippen LogP contribution in [-0.4, -0.2) is 73.4 Å². The molecule has 0 aliphatic carbocycles. The Balaban J connectivity index is 3.97. The summed E-state index contributed by atoms with van der Waals surface area (Å²) < 4.78 is 23.9. The molecule has 0 spiro atoms. The summed E-state index contributed by atoms with van der Waals surface area (Å²) in [5.74, 6) is -0.133. The molecule has 3 unspecified atom stereocenters. The predicted octanol–water partition coefficient (Wildman–Crippen LogP) is 22.3. The molecule has 1 amide bonds. The van der Waals surface area contributed by atoms with Gasteiger partial charge in [0.15, 0.2) is 0 Å². The fourth-order valence-corrected chi connectivity index (χ4v) is 12.1. The summed E-state index contributed by atoms with van der Waals surface area (Å²) in [4.78, 5) is 23.5. The molecule has 8 nitrogen and oxygen atoms in total. The number of carbonyl (C=O) groups excluding carboxylic acids is 1. The van der Waals surface area contributed by atoms with Crippen molar-refractivity contribution in [2.45, 2.75) is 398 Å². The van der Waals surface area contributed by atoms with Gasteiger partial charge in [-0.1, -0.05) is 367 Å². The van der Waals surface area contributed by atoms with Crippen molar-refractivity contribution in [2.75, 3.05) is 40.9 Å². The molecular formula is C69H142N2O6P+. The molecule has 3 N–H and O–H groups in total. The molecule has 0 saturated carbocycles. The van der Waals surface area contributed by atoms with Crippen LogP contribution in [-0.2, 0) is 18.4 Å². The first kappa shape index (κ1) is 77.5. The zero-order chi connectivity index (χ0) is 57.0. The first-order valence-corrected chi connectivity index (χ1v) is 36.9. The van der Waals surface area contributed by atoms with Crippen LogP contribution in [0.2, 0.25) is 0 Å². The molecule has 0 heterocycles. The Bertz CT molecular complexity index is 1230. The summed E-state index contributed by atoms with van der Waals surface area (Å²) in [5, 5.41) is 14.2. The summed E-state index contributed by atoms with van der Waals surface area (Å²) >= 11 is 0. The van der Waals surface area contributed by atoms with Crippen molar-refractivity contribution in [3.8, 4) is 0 Å². The van der Waals surface area contributed by atoms with Gasteiger partial charge in [-0.15, -0.1) is 0 Å². The zero-order valence-electron chi connectivity index (χ0n) is 53.7. The second kappa shape index (κ2) is 61.1. The Morgan fingerprint density at radius 1 is 0.385 bits per heavy atom. The topological polar surface area (TPSA) is 105 Å². The van der Waals surface area contributed by atoms with Gasteiger partial charge in [-0.05, 0) is 12.8 Å². The van der Waals surface area contributed by atoms with Gasteiger partial charge in [0.1, 0.15) is 13.2 Å². The molecule has 0 fully saturated rings. The summed E-state index contributed by atoms with van der Waals surface area (Å²) in [6.07, 6.45) is 76.4. The number of aliphatic hydroxyl groups is 1. The maximum atomic E-state index is 13.1. The number of amides is 1. The first-order chi connectivity index (χ1) is 38.0. The van der Waals surface area contributed by atoms with Crippen LogP contribution < -0.4 is 5.32 Å². The highest BCUT2D eigenvalue weighted by Gasteiger charge is 2.28. The van der Waals surface area contributed by atoms with Crippen molar-refractivity contribution < 1.29 is 32.9 Å². The smallest absolute Gasteiger partial charge is 0.391 e. The molecule has 0 aromatic carbocycles. The average Bonchev–Trinajstić information content (AvgIpc) is 3.41. The Labute approximate surface area is 489 Å². The number of likely N-dealkylation sites (N-methyl/N-ethyl adjacent to an activating group) is 1. The number of phosphoric ester groups is 1. The minimum Gasteiger partial charge on any atom is -0.391 e. The second-order valence-electron chi connectivity index (χ2n) is 26.0. The van der Waals surface area contributed by atoms with Crippen molar-refractivity contribution in [1.29, 1.82) is 0 Å². The molecule has 0 rings (SSSR count). The lowest BCUT2D eigenvalue weighted by atomic mass is 10.0.